The molecule has 3 aromatic heterocycles. The Bertz CT molecular complexity index is 614. The van der Waals surface area contributed by atoms with Gasteiger partial charge in [-0.05, 0) is 18.2 Å². The molecular formula is C11H7ClN4. The summed E-state index contributed by atoms with van der Waals surface area (Å²) >= 11 is 5.90. The van der Waals surface area contributed by atoms with Gasteiger partial charge >= 0.3 is 0 Å². The van der Waals surface area contributed by atoms with Crippen molar-refractivity contribution in [1.29, 1.82) is 0 Å². The van der Waals surface area contributed by atoms with Crippen molar-refractivity contribution in [2.75, 3.05) is 0 Å². The third-order valence-electron chi connectivity index (χ3n) is 2.22. The van der Waals surface area contributed by atoms with E-state index < -0.39 is 0 Å². The van der Waals surface area contributed by atoms with Crippen molar-refractivity contribution in [2.45, 2.75) is 0 Å². The van der Waals surface area contributed by atoms with Crippen LogP contribution in [0.5, 0.6) is 0 Å². The molecule has 0 aliphatic carbocycles. The summed E-state index contributed by atoms with van der Waals surface area (Å²) in [6.45, 7) is 0. The zero-order valence-electron chi connectivity index (χ0n) is 8.21. The smallest absolute Gasteiger partial charge is 0.234 e. The Morgan fingerprint density at radius 3 is 2.88 bits per heavy atom. The Hall–Kier alpha value is -1.94. The van der Waals surface area contributed by atoms with Gasteiger partial charge in [0.05, 0.1) is 5.69 Å². The average Bonchev–Trinajstić information content (AvgIpc) is 2.72. The van der Waals surface area contributed by atoms with E-state index >= 15 is 0 Å². The van der Waals surface area contributed by atoms with Gasteiger partial charge in [0.1, 0.15) is 5.69 Å². The maximum atomic E-state index is 5.90. The summed E-state index contributed by atoms with van der Waals surface area (Å²) in [5.41, 5.74) is 1.51. The van der Waals surface area contributed by atoms with Gasteiger partial charge in [-0.25, -0.2) is 9.97 Å². The molecule has 0 aromatic carbocycles. The largest absolute Gasteiger partial charge is 0.290 e. The Morgan fingerprint density at radius 1 is 1.12 bits per heavy atom. The van der Waals surface area contributed by atoms with E-state index in [2.05, 4.69) is 15.0 Å². The van der Waals surface area contributed by atoms with Gasteiger partial charge < -0.3 is 0 Å². The molecular weight excluding hydrogens is 224 g/mol. The lowest BCUT2D eigenvalue weighted by Gasteiger charge is -1.94. The highest BCUT2D eigenvalue weighted by Crippen LogP contribution is 2.19. The minimum Gasteiger partial charge on any atom is -0.290 e. The SMILES string of the molecule is Clc1ccnc(-c2cn3cccnc3n2)c1. The normalized spacial score (nSPS) is 10.8. The van der Waals surface area contributed by atoms with Crippen molar-refractivity contribution in [3.8, 4) is 11.4 Å². The minimum absolute atomic E-state index is 0.648. The van der Waals surface area contributed by atoms with Gasteiger partial charge in [-0.15, -0.1) is 0 Å². The molecule has 0 bridgehead atoms. The molecule has 16 heavy (non-hydrogen) atoms. The van der Waals surface area contributed by atoms with E-state index in [-0.39, 0.29) is 0 Å². The molecule has 0 spiro atoms. The van der Waals surface area contributed by atoms with Crippen molar-refractivity contribution in [2.24, 2.45) is 0 Å². The van der Waals surface area contributed by atoms with Crippen LogP contribution in [0, 0.1) is 0 Å². The van der Waals surface area contributed by atoms with Crippen LogP contribution in [0.4, 0.5) is 0 Å². The van der Waals surface area contributed by atoms with E-state index in [0.717, 1.165) is 11.4 Å². The lowest BCUT2D eigenvalue weighted by Crippen LogP contribution is -1.83. The van der Waals surface area contributed by atoms with Crippen LogP contribution < -0.4 is 0 Å². The molecule has 3 rings (SSSR count). The summed E-state index contributed by atoms with van der Waals surface area (Å²) in [6.07, 6.45) is 7.14. The quantitative estimate of drug-likeness (QED) is 0.645. The number of hydrogen-bond donors (Lipinski definition) is 0. The standard InChI is InChI=1S/C11H7ClN4/c12-8-2-4-13-9(6-8)10-7-16-5-1-3-14-11(16)15-10/h1-7H. The molecule has 0 N–H and O–H groups in total. The molecule has 0 atom stereocenters. The van der Waals surface area contributed by atoms with E-state index in [1.807, 2.05) is 22.9 Å². The molecule has 78 valence electrons. The fourth-order valence-electron chi connectivity index (χ4n) is 1.50. The number of pyridine rings is 1. The first kappa shape index (κ1) is 9.30. The molecule has 0 saturated heterocycles. The zero-order valence-corrected chi connectivity index (χ0v) is 8.96. The summed E-state index contributed by atoms with van der Waals surface area (Å²) in [5, 5.41) is 0.648. The highest BCUT2D eigenvalue weighted by molar-refractivity contribution is 6.30. The topological polar surface area (TPSA) is 43.1 Å². The highest BCUT2D eigenvalue weighted by Gasteiger charge is 2.05. The number of imidazole rings is 1. The third-order valence-corrected chi connectivity index (χ3v) is 2.46. The van der Waals surface area contributed by atoms with Crippen LogP contribution >= 0.6 is 11.6 Å². The van der Waals surface area contributed by atoms with Crippen LogP contribution in [0.25, 0.3) is 17.2 Å². The number of hydrogen-bond acceptors (Lipinski definition) is 3. The minimum atomic E-state index is 0.648. The third kappa shape index (κ3) is 1.53. The number of fused-ring (bicyclic) bond motifs is 1. The molecule has 0 amide bonds. The molecule has 0 radical (unpaired) electrons. The van der Waals surface area contributed by atoms with Crippen LogP contribution in [0.3, 0.4) is 0 Å². The van der Waals surface area contributed by atoms with Gasteiger partial charge in [0.2, 0.25) is 5.78 Å². The van der Waals surface area contributed by atoms with E-state index in [1.54, 1.807) is 24.5 Å². The van der Waals surface area contributed by atoms with Crippen LogP contribution in [-0.4, -0.2) is 19.4 Å². The van der Waals surface area contributed by atoms with Crippen molar-refractivity contribution in [1.82, 2.24) is 19.4 Å². The van der Waals surface area contributed by atoms with Crippen LogP contribution in [0.2, 0.25) is 5.02 Å². The van der Waals surface area contributed by atoms with Crippen LogP contribution in [-0.2, 0) is 0 Å². The summed E-state index contributed by atoms with van der Waals surface area (Å²) in [6, 6.07) is 5.37. The Labute approximate surface area is 96.6 Å². The second kappa shape index (κ2) is 3.57. The molecule has 4 nitrogen and oxygen atoms in total. The van der Waals surface area contributed by atoms with Crippen LogP contribution in [0.15, 0.2) is 43.0 Å². The number of halogens is 1. The number of nitrogens with zero attached hydrogens (tertiary/aromatic N) is 4. The first-order valence-electron chi connectivity index (χ1n) is 4.74. The molecule has 0 aliphatic rings. The number of aromatic nitrogens is 4. The maximum Gasteiger partial charge on any atom is 0.234 e. The molecule has 5 heteroatoms. The fourth-order valence-corrected chi connectivity index (χ4v) is 1.66. The van der Waals surface area contributed by atoms with Gasteiger partial charge in [-0.2, -0.15) is 0 Å². The van der Waals surface area contributed by atoms with Gasteiger partial charge in [-0.1, -0.05) is 11.6 Å². The van der Waals surface area contributed by atoms with Crippen molar-refractivity contribution < 1.29 is 0 Å². The molecule has 0 fully saturated rings. The first-order valence-corrected chi connectivity index (χ1v) is 5.12. The van der Waals surface area contributed by atoms with Crippen molar-refractivity contribution in [3.05, 3.63) is 48.0 Å². The second-order valence-electron chi connectivity index (χ2n) is 3.31. The van der Waals surface area contributed by atoms with E-state index in [0.29, 0.717) is 10.8 Å². The van der Waals surface area contributed by atoms with Gasteiger partial charge in [0.25, 0.3) is 0 Å². The molecule has 0 aliphatic heterocycles. The van der Waals surface area contributed by atoms with Crippen molar-refractivity contribution >= 4 is 17.4 Å². The average molecular weight is 231 g/mol. The lowest BCUT2D eigenvalue weighted by molar-refractivity contribution is 1.11. The molecule has 3 aromatic rings. The second-order valence-corrected chi connectivity index (χ2v) is 3.75. The monoisotopic (exact) mass is 230 g/mol. The zero-order chi connectivity index (χ0) is 11.0. The Morgan fingerprint density at radius 2 is 2.06 bits per heavy atom. The predicted octanol–water partition coefficient (Wildman–Crippen LogP) is 2.44. The highest BCUT2D eigenvalue weighted by atomic mass is 35.5. The maximum absolute atomic E-state index is 5.90. The first-order chi connectivity index (χ1) is 7.83. The Balaban J connectivity index is 2.19. The fraction of sp³-hybridized carbons (Fsp3) is 0. The van der Waals surface area contributed by atoms with Gasteiger partial charge in [-0.3, -0.25) is 9.38 Å². The summed E-state index contributed by atoms with van der Waals surface area (Å²) < 4.78 is 1.85. The molecule has 0 saturated carbocycles. The number of rotatable bonds is 1. The molecule has 0 unspecified atom stereocenters. The van der Waals surface area contributed by atoms with E-state index in [4.69, 9.17) is 11.6 Å². The van der Waals surface area contributed by atoms with E-state index in [1.165, 1.54) is 0 Å². The van der Waals surface area contributed by atoms with Crippen LogP contribution in [0.1, 0.15) is 0 Å². The molecule has 3 heterocycles. The predicted molar refractivity (Wildman–Crippen MR) is 61.2 cm³/mol. The van der Waals surface area contributed by atoms with E-state index in [9.17, 15) is 0 Å². The van der Waals surface area contributed by atoms with Crippen molar-refractivity contribution in [3.63, 3.8) is 0 Å². The van der Waals surface area contributed by atoms with Gasteiger partial charge in [0, 0.05) is 29.8 Å². The lowest BCUT2D eigenvalue weighted by atomic mass is 10.3. The summed E-state index contributed by atoms with van der Waals surface area (Å²) in [5.74, 6) is 0.652. The summed E-state index contributed by atoms with van der Waals surface area (Å²) in [7, 11) is 0. The van der Waals surface area contributed by atoms with Gasteiger partial charge in [0.15, 0.2) is 0 Å². The summed E-state index contributed by atoms with van der Waals surface area (Å²) in [4.78, 5) is 12.7. The Kier molecular flexibility index (Phi) is 2.08.